The Labute approximate surface area is 193 Å². The summed E-state index contributed by atoms with van der Waals surface area (Å²) in [5.74, 6) is 0.252. The summed E-state index contributed by atoms with van der Waals surface area (Å²) in [4.78, 5) is 14.9. The predicted molar refractivity (Wildman–Crippen MR) is 135 cm³/mol. The Kier molecular flexibility index (Phi) is 7.80. The maximum Gasteiger partial charge on any atom is 0.229 e. The average Bonchev–Trinajstić information content (AvgIpc) is 2.85. The van der Waals surface area contributed by atoms with Crippen LogP contribution in [0.1, 0.15) is 18.4 Å². The third kappa shape index (κ3) is 5.76. The molecule has 0 amide bonds. The number of anilines is 4. The molecule has 0 aliphatic heterocycles. The van der Waals surface area contributed by atoms with Gasteiger partial charge in [-0.2, -0.15) is 4.98 Å². The van der Waals surface area contributed by atoms with Gasteiger partial charge in [-0.1, -0.05) is 18.7 Å². The Bertz CT molecular complexity index is 1130. The van der Waals surface area contributed by atoms with Gasteiger partial charge < -0.3 is 26.6 Å². The molecule has 0 bridgehead atoms. The highest BCUT2D eigenvalue weighted by Crippen LogP contribution is 2.31. The SMILES string of the molecule is C=C(c1cnc(N/C(C=NC)=C/N)nc1Nc1cc(NC)ccc1F)N(C)C1=CCCC=C1. The zero-order chi connectivity index (χ0) is 23.8. The zero-order valence-corrected chi connectivity index (χ0v) is 19.1. The van der Waals surface area contributed by atoms with Crippen molar-refractivity contribution in [1.29, 1.82) is 0 Å². The summed E-state index contributed by atoms with van der Waals surface area (Å²) >= 11 is 0. The number of aromatic nitrogens is 2. The molecule has 3 rings (SSSR count). The molecule has 0 spiro atoms. The van der Waals surface area contributed by atoms with Crippen molar-refractivity contribution >= 4 is 35.1 Å². The molecule has 1 aromatic carbocycles. The second kappa shape index (κ2) is 10.9. The highest BCUT2D eigenvalue weighted by Gasteiger charge is 2.17. The Morgan fingerprint density at radius 1 is 1.33 bits per heavy atom. The van der Waals surface area contributed by atoms with E-state index in [1.165, 1.54) is 12.3 Å². The molecule has 0 fully saturated rings. The molecule has 0 radical (unpaired) electrons. The van der Waals surface area contributed by atoms with Gasteiger partial charge in [0.2, 0.25) is 5.95 Å². The molecule has 0 unspecified atom stereocenters. The molecule has 5 N–H and O–H groups in total. The van der Waals surface area contributed by atoms with E-state index in [0.717, 1.165) is 24.2 Å². The number of rotatable bonds is 9. The van der Waals surface area contributed by atoms with Gasteiger partial charge in [-0.25, -0.2) is 9.37 Å². The summed E-state index contributed by atoms with van der Waals surface area (Å²) in [6.07, 6.45) is 12.8. The molecular formula is C24H29FN8. The van der Waals surface area contributed by atoms with Crippen LogP contribution in [0.3, 0.4) is 0 Å². The molecule has 8 nitrogen and oxygen atoms in total. The molecule has 33 heavy (non-hydrogen) atoms. The molecule has 1 aliphatic carbocycles. The molecule has 1 aliphatic rings. The zero-order valence-electron chi connectivity index (χ0n) is 19.1. The van der Waals surface area contributed by atoms with E-state index in [9.17, 15) is 4.39 Å². The summed E-state index contributed by atoms with van der Waals surface area (Å²) in [6, 6.07) is 4.72. The summed E-state index contributed by atoms with van der Waals surface area (Å²) in [5, 5.41) is 9.12. The molecule has 1 heterocycles. The van der Waals surface area contributed by atoms with E-state index >= 15 is 0 Å². The van der Waals surface area contributed by atoms with Crippen molar-refractivity contribution in [2.75, 3.05) is 37.1 Å². The predicted octanol–water partition coefficient (Wildman–Crippen LogP) is 4.45. The van der Waals surface area contributed by atoms with E-state index in [1.54, 1.807) is 38.6 Å². The van der Waals surface area contributed by atoms with Gasteiger partial charge in [-0.3, -0.25) is 4.99 Å². The average molecular weight is 449 g/mol. The maximum absolute atomic E-state index is 14.6. The maximum atomic E-state index is 14.6. The lowest BCUT2D eigenvalue weighted by Gasteiger charge is -2.26. The fourth-order valence-corrected chi connectivity index (χ4v) is 3.22. The minimum absolute atomic E-state index is 0.268. The van der Waals surface area contributed by atoms with Crippen molar-refractivity contribution in [3.8, 4) is 0 Å². The van der Waals surface area contributed by atoms with Crippen molar-refractivity contribution in [3.05, 3.63) is 78.2 Å². The van der Waals surface area contributed by atoms with Crippen LogP contribution in [0.15, 0.2) is 71.8 Å². The van der Waals surface area contributed by atoms with E-state index in [1.807, 2.05) is 11.9 Å². The summed E-state index contributed by atoms with van der Waals surface area (Å²) in [7, 11) is 5.33. The normalized spacial score (nSPS) is 13.6. The highest BCUT2D eigenvalue weighted by molar-refractivity contribution is 5.82. The van der Waals surface area contributed by atoms with Gasteiger partial charge in [0.05, 0.1) is 16.9 Å². The van der Waals surface area contributed by atoms with Gasteiger partial charge in [0.15, 0.2) is 0 Å². The van der Waals surface area contributed by atoms with Crippen molar-refractivity contribution in [1.82, 2.24) is 14.9 Å². The number of nitrogens with one attached hydrogen (secondary N) is 3. The van der Waals surface area contributed by atoms with Crippen LogP contribution >= 0.6 is 0 Å². The molecule has 0 saturated heterocycles. The monoisotopic (exact) mass is 448 g/mol. The standard InChI is InChI=1S/C24H29FN8/c1-16(33(4)19-8-6-5-7-9-19)20-15-29-24(30-18(13-26)14-27-2)32-23(20)31-22-12-17(28-3)10-11-21(22)25/h6,8-15,28H,1,5,7,26H2,2-4H3,(H2,29,30,31,32)/b18-13+,27-14?. The summed E-state index contributed by atoms with van der Waals surface area (Å²) < 4.78 is 14.6. The lowest BCUT2D eigenvalue weighted by molar-refractivity contribution is 0.608. The molecule has 1 aromatic heterocycles. The van der Waals surface area contributed by atoms with E-state index in [0.29, 0.717) is 22.8 Å². The number of allylic oxidation sites excluding steroid dienone is 4. The van der Waals surface area contributed by atoms with Gasteiger partial charge in [0.1, 0.15) is 11.6 Å². The van der Waals surface area contributed by atoms with Crippen LogP contribution in [0.5, 0.6) is 0 Å². The number of halogens is 1. The lowest BCUT2D eigenvalue weighted by atomic mass is 10.1. The van der Waals surface area contributed by atoms with E-state index in [-0.39, 0.29) is 11.6 Å². The first kappa shape index (κ1) is 23.5. The number of hydrogen-bond acceptors (Lipinski definition) is 8. The van der Waals surface area contributed by atoms with Crippen molar-refractivity contribution < 1.29 is 4.39 Å². The van der Waals surface area contributed by atoms with Gasteiger partial charge in [0.25, 0.3) is 0 Å². The van der Waals surface area contributed by atoms with Crippen LogP contribution in [0.2, 0.25) is 0 Å². The number of likely N-dealkylation sites (N-methyl/N-ethyl adjacent to an activating group) is 1. The van der Waals surface area contributed by atoms with Crippen LogP contribution in [0.4, 0.5) is 27.5 Å². The molecule has 0 saturated carbocycles. The second-order valence-corrected chi connectivity index (χ2v) is 7.27. The molecular weight excluding hydrogens is 419 g/mol. The van der Waals surface area contributed by atoms with Gasteiger partial charge in [-0.15, -0.1) is 0 Å². The largest absolute Gasteiger partial charge is 0.403 e. The number of hydrogen-bond donors (Lipinski definition) is 4. The molecule has 172 valence electrons. The smallest absolute Gasteiger partial charge is 0.229 e. The quantitative estimate of drug-likeness (QED) is 0.420. The first-order valence-electron chi connectivity index (χ1n) is 10.5. The van der Waals surface area contributed by atoms with Crippen molar-refractivity contribution in [2.24, 2.45) is 10.7 Å². The summed E-state index contributed by atoms with van der Waals surface area (Å²) in [6.45, 7) is 4.25. The fraction of sp³-hybridized carbons (Fsp3) is 0.208. The molecule has 9 heteroatoms. The number of benzene rings is 1. The van der Waals surface area contributed by atoms with Gasteiger partial charge >= 0.3 is 0 Å². The third-order valence-corrected chi connectivity index (χ3v) is 5.08. The Morgan fingerprint density at radius 2 is 2.15 bits per heavy atom. The first-order chi connectivity index (χ1) is 16.0. The minimum Gasteiger partial charge on any atom is -0.403 e. The Morgan fingerprint density at radius 3 is 2.82 bits per heavy atom. The van der Waals surface area contributed by atoms with Crippen LogP contribution < -0.4 is 21.7 Å². The number of aliphatic imine (C=N–C) groups is 1. The Hall–Kier alpha value is -4.14. The third-order valence-electron chi connectivity index (χ3n) is 5.08. The van der Waals surface area contributed by atoms with Crippen LogP contribution in [-0.4, -0.2) is 42.2 Å². The first-order valence-corrected chi connectivity index (χ1v) is 10.5. The lowest BCUT2D eigenvalue weighted by Crippen LogP contribution is -2.17. The fourth-order valence-electron chi connectivity index (χ4n) is 3.22. The Balaban J connectivity index is 2.02. The van der Waals surface area contributed by atoms with Crippen LogP contribution in [0, 0.1) is 5.82 Å². The topological polar surface area (TPSA) is 103 Å². The molecule has 2 aromatic rings. The van der Waals surface area contributed by atoms with E-state index in [4.69, 9.17) is 5.73 Å². The second-order valence-electron chi connectivity index (χ2n) is 7.27. The van der Waals surface area contributed by atoms with Gasteiger partial charge in [0, 0.05) is 56.8 Å². The van der Waals surface area contributed by atoms with Crippen LogP contribution in [0.25, 0.3) is 5.70 Å². The minimum atomic E-state index is -0.411. The number of nitrogens with two attached hydrogens (primary N) is 1. The van der Waals surface area contributed by atoms with E-state index in [2.05, 4.69) is 55.7 Å². The molecule has 0 atom stereocenters. The van der Waals surface area contributed by atoms with E-state index < -0.39 is 5.82 Å². The summed E-state index contributed by atoms with van der Waals surface area (Å²) in [5.41, 5.74) is 9.50. The van der Waals surface area contributed by atoms with Crippen molar-refractivity contribution in [3.63, 3.8) is 0 Å². The number of nitrogens with zero attached hydrogens (tertiary/aromatic N) is 4. The van der Waals surface area contributed by atoms with Crippen LogP contribution in [-0.2, 0) is 0 Å². The van der Waals surface area contributed by atoms with Crippen molar-refractivity contribution in [2.45, 2.75) is 12.8 Å². The highest BCUT2D eigenvalue weighted by atomic mass is 19.1. The van der Waals surface area contributed by atoms with Gasteiger partial charge in [-0.05, 0) is 37.1 Å².